The maximum atomic E-state index is 12.9. The van der Waals surface area contributed by atoms with Gasteiger partial charge in [-0.3, -0.25) is 19.3 Å². The molecule has 0 bridgehead atoms. The fourth-order valence-electron chi connectivity index (χ4n) is 3.82. The van der Waals surface area contributed by atoms with E-state index in [2.05, 4.69) is 27.4 Å². The summed E-state index contributed by atoms with van der Waals surface area (Å²) < 4.78 is 5.11. The smallest absolute Gasteiger partial charge is 0.243 e. The molecule has 2 heterocycles. The molecule has 9 heteroatoms. The van der Waals surface area contributed by atoms with Crippen LogP contribution in [0.15, 0.2) is 24.3 Å². The second kappa shape index (κ2) is 10.4. The monoisotopic (exact) mass is 417 g/mol. The second-order valence-electron chi connectivity index (χ2n) is 7.59. The van der Waals surface area contributed by atoms with Crippen LogP contribution in [-0.2, 0) is 14.4 Å². The topological polar surface area (TPSA) is 94.2 Å². The van der Waals surface area contributed by atoms with Gasteiger partial charge in [-0.15, -0.1) is 0 Å². The Balaban J connectivity index is 1.57. The van der Waals surface area contributed by atoms with E-state index in [-0.39, 0.29) is 30.7 Å². The molecule has 3 rings (SSSR count). The summed E-state index contributed by atoms with van der Waals surface area (Å²) in [6, 6.07) is 6.17. The van der Waals surface area contributed by atoms with Gasteiger partial charge in [0.25, 0.3) is 0 Å². The number of piperazine rings is 2. The van der Waals surface area contributed by atoms with Gasteiger partial charge in [0, 0.05) is 45.0 Å². The maximum Gasteiger partial charge on any atom is 0.243 e. The van der Waals surface area contributed by atoms with Crippen LogP contribution >= 0.6 is 0 Å². The van der Waals surface area contributed by atoms with Gasteiger partial charge in [0.15, 0.2) is 0 Å². The number of rotatable bonds is 7. The Morgan fingerprint density at radius 2 is 1.77 bits per heavy atom. The van der Waals surface area contributed by atoms with Gasteiger partial charge in [0.2, 0.25) is 17.7 Å². The zero-order valence-corrected chi connectivity index (χ0v) is 17.7. The van der Waals surface area contributed by atoms with Crippen molar-refractivity contribution in [2.24, 2.45) is 0 Å². The number of likely N-dealkylation sites (N-methyl/N-ethyl adjacent to an activating group) is 1. The van der Waals surface area contributed by atoms with Gasteiger partial charge < -0.3 is 25.2 Å². The molecule has 0 aliphatic carbocycles. The number of hydrogen-bond acceptors (Lipinski definition) is 6. The maximum absolute atomic E-state index is 12.9. The predicted molar refractivity (Wildman–Crippen MR) is 113 cm³/mol. The van der Waals surface area contributed by atoms with Crippen LogP contribution in [0, 0.1) is 0 Å². The fourth-order valence-corrected chi connectivity index (χ4v) is 3.82. The molecule has 1 aromatic carbocycles. The van der Waals surface area contributed by atoms with Crippen LogP contribution in [0.25, 0.3) is 0 Å². The van der Waals surface area contributed by atoms with Crippen LogP contribution in [0.3, 0.4) is 0 Å². The van der Waals surface area contributed by atoms with Crippen molar-refractivity contribution < 1.29 is 19.1 Å². The zero-order chi connectivity index (χ0) is 21.5. The van der Waals surface area contributed by atoms with Gasteiger partial charge in [-0.25, -0.2) is 0 Å². The van der Waals surface area contributed by atoms with Gasteiger partial charge in [-0.2, -0.15) is 0 Å². The van der Waals surface area contributed by atoms with Crippen LogP contribution in [-0.4, -0.2) is 97.9 Å². The van der Waals surface area contributed by atoms with Gasteiger partial charge in [0.1, 0.15) is 11.8 Å². The Labute approximate surface area is 177 Å². The first-order valence-corrected chi connectivity index (χ1v) is 10.5. The molecule has 2 aliphatic rings. The highest BCUT2D eigenvalue weighted by molar-refractivity contribution is 5.97. The first-order chi connectivity index (χ1) is 14.5. The fraction of sp³-hybridized carbons (Fsp3) is 0.571. The van der Waals surface area contributed by atoms with Crippen molar-refractivity contribution in [3.05, 3.63) is 24.3 Å². The average molecular weight is 418 g/mol. The Morgan fingerprint density at radius 1 is 1.10 bits per heavy atom. The van der Waals surface area contributed by atoms with Crippen LogP contribution in [0.2, 0.25) is 0 Å². The minimum atomic E-state index is -0.790. The molecule has 3 amide bonds. The van der Waals surface area contributed by atoms with Crippen molar-refractivity contribution in [2.45, 2.75) is 19.4 Å². The summed E-state index contributed by atoms with van der Waals surface area (Å²) in [7, 11) is 1.57. The molecule has 0 saturated carbocycles. The number of anilines is 1. The molecule has 2 aliphatic heterocycles. The van der Waals surface area contributed by atoms with Crippen molar-refractivity contribution in [1.29, 1.82) is 0 Å². The Morgan fingerprint density at radius 3 is 2.40 bits per heavy atom. The van der Waals surface area contributed by atoms with Crippen molar-refractivity contribution in [2.75, 3.05) is 64.8 Å². The average Bonchev–Trinajstić information content (AvgIpc) is 2.76. The molecule has 2 fully saturated rings. The third kappa shape index (κ3) is 5.70. The van der Waals surface area contributed by atoms with E-state index in [0.29, 0.717) is 24.5 Å². The molecular weight excluding hydrogens is 386 g/mol. The SMILES string of the molecule is CCN1CCN(CC(=O)N2CCNC(=O)[C@H]2CC(=O)Nc2ccc(OC)cc2)CC1. The Hall–Kier alpha value is -2.65. The summed E-state index contributed by atoms with van der Waals surface area (Å²) in [5, 5.41) is 5.55. The second-order valence-corrected chi connectivity index (χ2v) is 7.59. The van der Waals surface area contributed by atoms with Crippen LogP contribution in [0.5, 0.6) is 5.75 Å². The van der Waals surface area contributed by atoms with E-state index >= 15 is 0 Å². The van der Waals surface area contributed by atoms with E-state index in [1.54, 1.807) is 36.3 Å². The summed E-state index contributed by atoms with van der Waals surface area (Å²) in [5.41, 5.74) is 0.615. The van der Waals surface area contributed by atoms with Gasteiger partial charge in [-0.05, 0) is 30.8 Å². The normalized spacial score (nSPS) is 20.5. The molecule has 2 N–H and O–H groups in total. The number of carbonyl (C=O) groups excluding carboxylic acids is 3. The number of hydrogen-bond donors (Lipinski definition) is 2. The summed E-state index contributed by atoms with van der Waals surface area (Å²) in [5.74, 6) is 0.0000976. The van der Waals surface area contributed by atoms with Crippen molar-refractivity contribution in [1.82, 2.24) is 20.0 Å². The minimum Gasteiger partial charge on any atom is -0.497 e. The first kappa shape index (κ1) is 22.0. The number of amides is 3. The summed E-state index contributed by atoms with van der Waals surface area (Å²) in [4.78, 5) is 43.9. The molecule has 2 saturated heterocycles. The highest BCUT2D eigenvalue weighted by Crippen LogP contribution is 2.17. The number of methoxy groups -OCH3 is 1. The van der Waals surface area contributed by atoms with Gasteiger partial charge in [0.05, 0.1) is 20.1 Å². The molecule has 0 aromatic heterocycles. The Kier molecular flexibility index (Phi) is 7.64. The molecule has 0 radical (unpaired) electrons. The predicted octanol–water partition coefficient (Wildman–Crippen LogP) is -0.0117. The van der Waals surface area contributed by atoms with E-state index in [1.165, 1.54) is 0 Å². The van der Waals surface area contributed by atoms with Gasteiger partial charge >= 0.3 is 0 Å². The molecule has 0 spiro atoms. The summed E-state index contributed by atoms with van der Waals surface area (Å²) >= 11 is 0. The van der Waals surface area contributed by atoms with E-state index in [9.17, 15) is 14.4 Å². The molecule has 0 unspecified atom stereocenters. The van der Waals surface area contributed by atoms with E-state index in [4.69, 9.17) is 4.74 Å². The Bertz CT molecular complexity index is 746. The van der Waals surface area contributed by atoms with E-state index in [0.717, 1.165) is 32.7 Å². The first-order valence-electron chi connectivity index (χ1n) is 10.5. The third-order valence-electron chi connectivity index (χ3n) is 5.67. The van der Waals surface area contributed by atoms with E-state index in [1.807, 2.05) is 0 Å². The summed E-state index contributed by atoms with van der Waals surface area (Å²) in [6.45, 7) is 7.81. The number of nitrogens with zero attached hydrogens (tertiary/aromatic N) is 3. The number of ether oxygens (including phenoxy) is 1. The van der Waals surface area contributed by atoms with Crippen LogP contribution < -0.4 is 15.4 Å². The highest BCUT2D eigenvalue weighted by Gasteiger charge is 2.35. The lowest BCUT2D eigenvalue weighted by Crippen LogP contribution is -2.60. The highest BCUT2D eigenvalue weighted by atomic mass is 16.5. The zero-order valence-electron chi connectivity index (χ0n) is 17.7. The third-order valence-corrected chi connectivity index (χ3v) is 5.67. The molecule has 9 nitrogen and oxygen atoms in total. The molecule has 164 valence electrons. The molecule has 1 aromatic rings. The largest absolute Gasteiger partial charge is 0.497 e. The molecule has 1 atom stereocenters. The van der Waals surface area contributed by atoms with E-state index < -0.39 is 6.04 Å². The molecular formula is C21H31N5O4. The lowest BCUT2D eigenvalue weighted by Gasteiger charge is -2.38. The van der Waals surface area contributed by atoms with Crippen LogP contribution in [0.1, 0.15) is 13.3 Å². The van der Waals surface area contributed by atoms with Crippen LogP contribution in [0.4, 0.5) is 5.69 Å². The van der Waals surface area contributed by atoms with Gasteiger partial charge in [-0.1, -0.05) is 6.92 Å². The quantitative estimate of drug-likeness (QED) is 0.648. The standard InChI is InChI=1S/C21H31N5O4/c1-3-24-10-12-25(13-11-24)15-20(28)26-9-8-22-21(29)18(26)14-19(27)23-16-4-6-17(30-2)7-5-16/h4-7,18H,3,8-15H2,1-2H3,(H,22,29)(H,23,27)/t18-/m1/s1. The number of carbonyl (C=O) groups is 3. The number of benzene rings is 1. The lowest BCUT2D eigenvalue weighted by molar-refractivity contribution is -0.145. The number of nitrogens with one attached hydrogen (secondary N) is 2. The van der Waals surface area contributed by atoms with Crippen molar-refractivity contribution in [3.8, 4) is 5.75 Å². The summed E-state index contributed by atoms with van der Waals surface area (Å²) in [6.07, 6.45) is -0.0762. The minimum absolute atomic E-state index is 0.0762. The van der Waals surface area contributed by atoms with Crippen molar-refractivity contribution in [3.63, 3.8) is 0 Å². The lowest BCUT2D eigenvalue weighted by atomic mass is 10.1. The molecule has 30 heavy (non-hydrogen) atoms. The van der Waals surface area contributed by atoms with Crippen molar-refractivity contribution >= 4 is 23.4 Å².